The van der Waals surface area contributed by atoms with Gasteiger partial charge < -0.3 is 5.73 Å². The maximum atomic E-state index is 6.19. The minimum Gasteiger partial charge on any atom is -0.329 e. The Balaban J connectivity index is 1.96. The number of rotatable bonds is 6. The van der Waals surface area contributed by atoms with Crippen LogP contribution in [0.3, 0.4) is 0 Å². The smallest absolute Gasteiger partial charge is 0.0329 e. The quantitative estimate of drug-likeness (QED) is 0.789. The molecule has 0 aromatic heterocycles. The van der Waals surface area contributed by atoms with Crippen molar-refractivity contribution in [1.29, 1.82) is 0 Å². The first-order valence-electron chi connectivity index (χ1n) is 8.65. The Morgan fingerprint density at radius 1 is 1.05 bits per heavy atom. The van der Waals surface area contributed by atoms with Gasteiger partial charge in [-0.1, -0.05) is 39.5 Å². The summed E-state index contributed by atoms with van der Waals surface area (Å²) in [6, 6.07) is 0. The molecule has 1 heterocycles. The van der Waals surface area contributed by atoms with E-state index in [1.165, 1.54) is 77.3 Å². The van der Waals surface area contributed by atoms with Crippen LogP contribution in [0.2, 0.25) is 0 Å². The molecule has 19 heavy (non-hydrogen) atoms. The van der Waals surface area contributed by atoms with Crippen LogP contribution in [0.1, 0.15) is 78.1 Å². The summed E-state index contributed by atoms with van der Waals surface area (Å²) in [6.07, 6.45) is 13.9. The summed E-state index contributed by atoms with van der Waals surface area (Å²) in [4.78, 5) is 2.76. The van der Waals surface area contributed by atoms with E-state index in [1.807, 2.05) is 0 Å². The van der Waals surface area contributed by atoms with E-state index >= 15 is 0 Å². The lowest BCUT2D eigenvalue weighted by molar-refractivity contribution is 0.0133. The summed E-state index contributed by atoms with van der Waals surface area (Å²) in [5, 5.41) is 0. The zero-order valence-corrected chi connectivity index (χ0v) is 13.2. The van der Waals surface area contributed by atoms with Gasteiger partial charge in [0.05, 0.1) is 0 Å². The number of piperidine rings is 1. The Labute approximate surface area is 120 Å². The van der Waals surface area contributed by atoms with Gasteiger partial charge >= 0.3 is 0 Å². The van der Waals surface area contributed by atoms with Crippen LogP contribution in [0.15, 0.2) is 0 Å². The fraction of sp³-hybridized carbons (Fsp3) is 1.00. The van der Waals surface area contributed by atoms with Gasteiger partial charge in [0.1, 0.15) is 0 Å². The Hall–Kier alpha value is -0.0800. The lowest BCUT2D eigenvalue weighted by Crippen LogP contribution is -2.57. The van der Waals surface area contributed by atoms with Gasteiger partial charge in [-0.15, -0.1) is 0 Å². The van der Waals surface area contributed by atoms with E-state index in [-0.39, 0.29) is 0 Å². The second-order valence-electron chi connectivity index (χ2n) is 7.08. The number of nitrogens with zero attached hydrogens (tertiary/aromatic N) is 1. The topological polar surface area (TPSA) is 29.3 Å². The number of hydrogen-bond acceptors (Lipinski definition) is 2. The Morgan fingerprint density at radius 2 is 1.68 bits per heavy atom. The van der Waals surface area contributed by atoms with Crippen LogP contribution in [0.5, 0.6) is 0 Å². The van der Waals surface area contributed by atoms with Crippen molar-refractivity contribution in [2.45, 2.75) is 83.6 Å². The van der Waals surface area contributed by atoms with Gasteiger partial charge in [-0.2, -0.15) is 0 Å². The predicted molar refractivity (Wildman–Crippen MR) is 83.3 cm³/mol. The van der Waals surface area contributed by atoms with Crippen molar-refractivity contribution >= 4 is 0 Å². The molecule has 1 saturated carbocycles. The second-order valence-corrected chi connectivity index (χ2v) is 7.08. The zero-order chi connectivity index (χ0) is 13.8. The molecule has 2 N–H and O–H groups in total. The molecule has 0 amide bonds. The molecular weight excluding hydrogens is 232 g/mol. The maximum absolute atomic E-state index is 6.19. The molecule has 0 aromatic carbocycles. The summed E-state index contributed by atoms with van der Waals surface area (Å²) in [5.41, 5.74) is 7.23. The van der Waals surface area contributed by atoms with Crippen LogP contribution in [0, 0.1) is 5.41 Å². The van der Waals surface area contributed by atoms with E-state index < -0.39 is 0 Å². The summed E-state index contributed by atoms with van der Waals surface area (Å²) in [7, 11) is 0. The molecule has 0 aromatic rings. The van der Waals surface area contributed by atoms with Gasteiger partial charge in [-0.3, -0.25) is 4.90 Å². The summed E-state index contributed by atoms with van der Waals surface area (Å²) < 4.78 is 0. The van der Waals surface area contributed by atoms with Crippen LogP contribution in [-0.4, -0.2) is 30.1 Å². The lowest BCUT2D eigenvalue weighted by atomic mass is 9.75. The van der Waals surface area contributed by atoms with E-state index in [9.17, 15) is 0 Å². The van der Waals surface area contributed by atoms with Crippen molar-refractivity contribution in [2.75, 3.05) is 19.6 Å². The third-order valence-corrected chi connectivity index (χ3v) is 6.19. The first-order chi connectivity index (χ1) is 9.20. The van der Waals surface area contributed by atoms with Gasteiger partial charge in [0.15, 0.2) is 0 Å². The van der Waals surface area contributed by atoms with Crippen LogP contribution in [0.4, 0.5) is 0 Å². The number of unbranched alkanes of at least 4 members (excludes halogenated alkanes) is 1. The zero-order valence-electron chi connectivity index (χ0n) is 13.2. The van der Waals surface area contributed by atoms with E-state index in [2.05, 4.69) is 18.7 Å². The third kappa shape index (κ3) is 3.16. The highest BCUT2D eigenvalue weighted by molar-refractivity contribution is 4.97. The molecule has 2 nitrogen and oxygen atoms in total. The highest BCUT2D eigenvalue weighted by atomic mass is 15.2. The SMILES string of the molecule is CCCCC(CC)(CN)N1CCC2(CCCC2)CC1. The summed E-state index contributed by atoms with van der Waals surface area (Å²) in [6.45, 7) is 8.07. The molecule has 0 bridgehead atoms. The van der Waals surface area contributed by atoms with Crippen molar-refractivity contribution in [1.82, 2.24) is 4.90 Å². The number of hydrogen-bond donors (Lipinski definition) is 1. The van der Waals surface area contributed by atoms with E-state index in [1.54, 1.807) is 0 Å². The fourth-order valence-corrected chi connectivity index (χ4v) is 4.52. The Bertz CT molecular complexity index is 254. The first-order valence-corrected chi connectivity index (χ1v) is 8.65. The minimum atomic E-state index is 0.302. The Kier molecular flexibility index (Phi) is 5.30. The van der Waals surface area contributed by atoms with E-state index in [0.717, 1.165) is 12.0 Å². The summed E-state index contributed by atoms with van der Waals surface area (Å²) in [5.74, 6) is 0. The predicted octanol–water partition coefficient (Wildman–Crippen LogP) is 3.94. The largest absolute Gasteiger partial charge is 0.329 e. The highest BCUT2D eigenvalue weighted by Crippen LogP contribution is 2.47. The molecule has 1 spiro atoms. The summed E-state index contributed by atoms with van der Waals surface area (Å²) >= 11 is 0. The maximum Gasteiger partial charge on any atom is 0.0329 e. The fourth-order valence-electron chi connectivity index (χ4n) is 4.52. The van der Waals surface area contributed by atoms with E-state index in [0.29, 0.717) is 5.54 Å². The molecule has 1 atom stereocenters. The van der Waals surface area contributed by atoms with Gasteiger partial charge in [0.25, 0.3) is 0 Å². The Morgan fingerprint density at radius 3 is 2.16 bits per heavy atom. The molecule has 1 saturated heterocycles. The number of likely N-dealkylation sites (tertiary alicyclic amines) is 1. The van der Waals surface area contributed by atoms with Crippen molar-refractivity contribution in [3.8, 4) is 0 Å². The molecule has 1 aliphatic heterocycles. The highest BCUT2D eigenvalue weighted by Gasteiger charge is 2.42. The van der Waals surface area contributed by atoms with E-state index in [4.69, 9.17) is 5.73 Å². The molecular formula is C17H34N2. The third-order valence-electron chi connectivity index (χ3n) is 6.19. The molecule has 2 rings (SSSR count). The van der Waals surface area contributed by atoms with Crippen LogP contribution < -0.4 is 5.73 Å². The standard InChI is InChI=1S/C17H34N2/c1-3-5-10-17(4-2,15-18)19-13-11-16(12-14-19)8-6-7-9-16/h3-15,18H2,1-2H3. The molecule has 0 radical (unpaired) electrons. The average molecular weight is 266 g/mol. The molecule has 1 aliphatic carbocycles. The van der Waals surface area contributed by atoms with Crippen molar-refractivity contribution in [3.63, 3.8) is 0 Å². The normalized spacial score (nSPS) is 26.7. The van der Waals surface area contributed by atoms with Crippen molar-refractivity contribution < 1.29 is 0 Å². The number of nitrogens with two attached hydrogens (primary N) is 1. The van der Waals surface area contributed by atoms with Crippen molar-refractivity contribution in [3.05, 3.63) is 0 Å². The van der Waals surface area contributed by atoms with Crippen LogP contribution in [0.25, 0.3) is 0 Å². The molecule has 2 aliphatic rings. The van der Waals surface area contributed by atoms with Gasteiger partial charge in [0, 0.05) is 12.1 Å². The van der Waals surface area contributed by atoms with Gasteiger partial charge in [0.2, 0.25) is 0 Å². The molecule has 2 heteroatoms. The molecule has 2 fully saturated rings. The second kappa shape index (κ2) is 6.58. The molecule has 112 valence electrons. The molecule has 1 unspecified atom stereocenters. The van der Waals surface area contributed by atoms with Crippen LogP contribution >= 0.6 is 0 Å². The average Bonchev–Trinajstić information content (AvgIpc) is 2.90. The minimum absolute atomic E-state index is 0.302. The van der Waals surface area contributed by atoms with Crippen molar-refractivity contribution in [2.24, 2.45) is 11.1 Å². The lowest BCUT2D eigenvalue weighted by Gasteiger charge is -2.49. The first kappa shape index (κ1) is 15.3. The van der Waals surface area contributed by atoms with Crippen LogP contribution in [-0.2, 0) is 0 Å². The van der Waals surface area contributed by atoms with Gasteiger partial charge in [-0.05, 0) is 57.0 Å². The van der Waals surface area contributed by atoms with Gasteiger partial charge in [-0.25, -0.2) is 0 Å². The monoisotopic (exact) mass is 266 g/mol.